The van der Waals surface area contributed by atoms with Crippen LogP contribution in [0.25, 0.3) is 10.7 Å². The molecule has 3 heterocycles. The van der Waals surface area contributed by atoms with Gasteiger partial charge in [0.2, 0.25) is 11.7 Å². The predicted octanol–water partition coefficient (Wildman–Crippen LogP) is 2.97. The van der Waals surface area contributed by atoms with Gasteiger partial charge < -0.3 is 9.26 Å². The van der Waals surface area contributed by atoms with Gasteiger partial charge in [-0.05, 0) is 32.2 Å². The topological polar surface area (TPSA) is 51.4 Å². The molecule has 6 heteroatoms. The van der Waals surface area contributed by atoms with Crippen LogP contribution in [0.3, 0.4) is 0 Å². The van der Waals surface area contributed by atoms with Crippen LogP contribution in [0.4, 0.5) is 0 Å². The molecule has 0 unspecified atom stereocenters. The average Bonchev–Trinajstić information content (AvgIpc) is 3.07. The largest absolute Gasteiger partial charge is 0.373 e. The molecule has 1 aliphatic rings. The number of thiophene rings is 1. The van der Waals surface area contributed by atoms with Gasteiger partial charge in [0, 0.05) is 13.1 Å². The zero-order valence-corrected chi connectivity index (χ0v) is 12.8. The van der Waals surface area contributed by atoms with E-state index in [-0.39, 0.29) is 18.2 Å². The van der Waals surface area contributed by atoms with Crippen molar-refractivity contribution in [3.05, 3.63) is 23.4 Å². The molecular weight excluding hydrogens is 274 g/mol. The quantitative estimate of drug-likeness (QED) is 0.871. The van der Waals surface area contributed by atoms with Gasteiger partial charge in [0.15, 0.2) is 0 Å². The lowest BCUT2D eigenvalue weighted by Crippen LogP contribution is -2.46. The van der Waals surface area contributed by atoms with Crippen LogP contribution >= 0.6 is 11.3 Å². The molecule has 20 heavy (non-hydrogen) atoms. The van der Waals surface area contributed by atoms with Crippen molar-refractivity contribution in [3.63, 3.8) is 0 Å². The van der Waals surface area contributed by atoms with Gasteiger partial charge in [0.1, 0.15) is 0 Å². The fourth-order valence-electron chi connectivity index (χ4n) is 2.60. The van der Waals surface area contributed by atoms with Gasteiger partial charge in [-0.2, -0.15) is 4.98 Å². The van der Waals surface area contributed by atoms with Crippen LogP contribution in [0.2, 0.25) is 0 Å². The smallest absolute Gasteiger partial charge is 0.244 e. The Balaban J connectivity index is 1.75. The van der Waals surface area contributed by atoms with E-state index in [0.717, 1.165) is 18.0 Å². The molecule has 0 radical (unpaired) electrons. The third-order valence-electron chi connectivity index (χ3n) is 3.54. The molecule has 0 aliphatic carbocycles. The maximum absolute atomic E-state index is 5.76. The van der Waals surface area contributed by atoms with Crippen molar-refractivity contribution in [1.29, 1.82) is 0 Å². The molecule has 0 bridgehead atoms. The van der Waals surface area contributed by atoms with Crippen molar-refractivity contribution in [1.82, 2.24) is 15.0 Å². The third-order valence-corrected chi connectivity index (χ3v) is 4.40. The number of aromatic nitrogens is 2. The molecule has 2 aromatic heterocycles. The van der Waals surface area contributed by atoms with E-state index < -0.39 is 0 Å². The Hall–Kier alpha value is -1.24. The lowest BCUT2D eigenvalue weighted by molar-refractivity contribution is -0.0818. The fraction of sp³-hybridized carbons (Fsp3) is 0.571. The van der Waals surface area contributed by atoms with Crippen LogP contribution in [0.5, 0.6) is 0 Å². The van der Waals surface area contributed by atoms with E-state index in [4.69, 9.17) is 9.26 Å². The molecule has 0 saturated carbocycles. The Morgan fingerprint density at radius 2 is 2.10 bits per heavy atom. The maximum atomic E-state index is 5.76. The van der Waals surface area contributed by atoms with Crippen LogP contribution in [-0.4, -0.2) is 40.3 Å². The summed E-state index contributed by atoms with van der Waals surface area (Å²) in [4.78, 5) is 7.90. The summed E-state index contributed by atoms with van der Waals surface area (Å²) >= 11 is 1.62. The van der Waals surface area contributed by atoms with Crippen LogP contribution in [0.15, 0.2) is 22.0 Å². The molecule has 3 rings (SSSR count). The van der Waals surface area contributed by atoms with Gasteiger partial charge in [0.05, 0.1) is 23.1 Å². The number of hydrogen-bond acceptors (Lipinski definition) is 6. The number of nitrogens with zero attached hydrogens (tertiary/aromatic N) is 3. The first-order chi connectivity index (χ1) is 9.63. The molecule has 1 fully saturated rings. The molecular formula is C14H19N3O2S. The Morgan fingerprint density at radius 1 is 1.35 bits per heavy atom. The lowest BCUT2D eigenvalue weighted by atomic mass is 10.2. The fourth-order valence-corrected chi connectivity index (χ4v) is 3.25. The highest BCUT2D eigenvalue weighted by Crippen LogP contribution is 2.27. The second-order valence-electron chi connectivity index (χ2n) is 5.32. The Morgan fingerprint density at radius 3 is 2.75 bits per heavy atom. The van der Waals surface area contributed by atoms with E-state index in [2.05, 4.69) is 35.8 Å². The molecule has 2 aromatic rings. The van der Waals surface area contributed by atoms with E-state index in [1.807, 2.05) is 17.5 Å². The summed E-state index contributed by atoms with van der Waals surface area (Å²) in [5.74, 6) is 1.35. The van der Waals surface area contributed by atoms with Crippen molar-refractivity contribution in [2.24, 2.45) is 0 Å². The van der Waals surface area contributed by atoms with E-state index in [0.29, 0.717) is 11.7 Å². The van der Waals surface area contributed by atoms with Crippen molar-refractivity contribution in [2.45, 2.75) is 39.0 Å². The van der Waals surface area contributed by atoms with Crippen molar-refractivity contribution < 1.29 is 9.26 Å². The molecule has 0 aromatic carbocycles. The number of hydrogen-bond donors (Lipinski definition) is 0. The van der Waals surface area contributed by atoms with E-state index >= 15 is 0 Å². The zero-order chi connectivity index (χ0) is 14.1. The van der Waals surface area contributed by atoms with Crippen LogP contribution < -0.4 is 0 Å². The molecule has 108 valence electrons. The van der Waals surface area contributed by atoms with Gasteiger partial charge in [-0.3, -0.25) is 4.90 Å². The second-order valence-corrected chi connectivity index (χ2v) is 6.27. The minimum absolute atomic E-state index is 0.116. The summed E-state index contributed by atoms with van der Waals surface area (Å²) in [7, 11) is 0. The molecule has 1 aliphatic heterocycles. The molecule has 0 N–H and O–H groups in total. The minimum atomic E-state index is 0.116. The monoisotopic (exact) mass is 293 g/mol. The first kappa shape index (κ1) is 13.7. The van der Waals surface area contributed by atoms with Crippen LogP contribution in [0, 0.1) is 0 Å². The number of rotatable bonds is 3. The molecule has 5 nitrogen and oxygen atoms in total. The average molecular weight is 293 g/mol. The zero-order valence-electron chi connectivity index (χ0n) is 11.9. The van der Waals surface area contributed by atoms with Gasteiger partial charge in [-0.1, -0.05) is 11.2 Å². The highest BCUT2D eigenvalue weighted by molar-refractivity contribution is 7.13. The Bertz CT molecular complexity index is 545. The van der Waals surface area contributed by atoms with E-state index in [1.54, 1.807) is 11.3 Å². The highest BCUT2D eigenvalue weighted by Gasteiger charge is 2.29. The summed E-state index contributed by atoms with van der Waals surface area (Å²) in [5, 5.41) is 6.09. The number of ether oxygens (including phenoxy) is 1. The highest BCUT2D eigenvalue weighted by atomic mass is 32.1. The lowest BCUT2D eigenvalue weighted by Gasteiger charge is -2.37. The Kier molecular flexibility index (Phi) is 3.87. The standard InChI is InChI=1S/C14H19N3O2S/c1-9-7-17(8-10(2)18-9)11(3)14-15-13(16-19-14)12-5-4-6-20-12/h4-6,9-11H,7-8H2,1-3H3/t9-,10+,11-/m0/s1. The molecule has 1 saturated heterocycles. The van der Waals surface area contributed by atoms with Gasteiger partial charge in [-0.25, -0.2) is 0 Å². The van der Waals surface area contributed by atoms with Gasteiger partial charge in [-0.15, -0.1) is 11.3 Å². The maximum Gasteiger partial charge on any atom is 0.244 e. The molecule has 3 atom stereocenters. The van der Waals surface area contributed by atoms with E-state index in [1.165, 1.54) is 0 Å². The second kappa shape index (κ2) is 5.63. The summed E-state index contributed by atoms with van der Waals surface area (Å²) < 4.78 is 11.2. The first-order valence-electron chi connectivity index (χ1n) is 6.90. The van der Waals surface area contributed by atoms with Crippen molar-refractivity contribution >= 4 is 11.3 Å². The predicted molar refractivity (Wildman–Crippen MR) is 77.6 cm³/mol. The van der Waals surface area contributed by atoms with Crippen molar-refractivity contribution in [2.75, 3.05) is 13.1 Å². The normalized spacial score (nSPS) is 25.8. The first-order valence-corrected chi connectivity index (χ1v) is 7.78. The minimum Gasteiger partial charge on any atom is -0.373 e. The SMILES string of the molecule is C[C@@H]1CN([C@@H](C)c2nc(-c3cccs3)no2)C[C@H](C)O1. The molecule has 0 amide bonds. The summed E-state index contributed by atoms with van der Waals surface area (Å²) in [6, 6.07) is 4.11. The van der Waals surface area contributed by atoms with Gasteiger partial charge in [0.25, 0.3) is 0 Å². The number of morpholine rings is 1. The van der Waals surface area contributed by atoms with Gasteiger partial charge >= 0.3 is 0 Å². The van der Waals surface area contributed by atoms with E-state index in [9.17, 15) is 0 Å². The third kappa shape index (κ3) is 2.77. The summed E-state index contributed by atoms with van der Waals surface area (Å²) in [5.41, 5.74) is 0. The Labute approximate surface area is 122 Å². The summed E-state index contributed by atoms with van der Waals surface area (Å²) in [6.07, 6.45) is 0.474. The molecule has 0 spiro atoms. The summed E-state index contributed by atoms with van der Waals surface area (Å²) in [6.45, 7) is 8.08. The van der Waals surface area contributed by atoms with Crippen LogP contribution in [-0.2, 0) is 4.74 Å². The van der Waals surface area contributed by atoms with Crippen molar-refractivity contribution in [3.8, 4) is 10.7 Å². The van der Waals surface area contributed by atoms with Crippen LogP contribution in [0.1, 0.15) is 32.7 Å².